The number of unbranched alkanes of at least 4 members (excludes halogenated alkanes) is 14. The maximum atomic E-state index is 12.9. The highest BCUT2D eigenvalue weighted by Gasteiger charge is 2.34. The molecular weight excluding hydrogens is 376 g/mol. The molecule has 1 aromatic carbocycles. The molecule has 1 heteroatoms. The van der Waals surface area contributed by atoms with Gasteiger partial charge in [0.1, 0.15) is 5.78 Å². The minimum Gasteiger partial charge on any atom is -0.299 e. The van der Waals surface area contributed by atoms with Crippen LogP contribution in [0.5, 0.6) is 0 Å². The van der Waals surface area contributed by atoms with Gasteiger partial charge < -0.3 is 0 Å². The van der Waals surface area contributed by atoms with E-state index in [0.29, 0.717) is 5.78 Å². The lowest BCUT2D eigenvalue weighted by Gasteiger charge is -2.32. The van der Waals surface area contributed by atoms with Gasteiger partial charge in [-0.2, -0.15) is 0 Å². The van der Waals surface area contributed by atoms with Crippen LogP contribution in [0.25, 0.3) is 0 Å². The van der Waals surface area contributed by atoms with E-state index in [-0.39, 0.29) is 5.41 Å². The number of carbonyl (C=O) groups excluding carboxylic acids is 1. The highest BCUT2D eigenvalue weighted by Crippen LogP contribution is 2.37. The lowest BCUT2D eigenvalue weighted by atomic mass is 9.71. The molecule has 178 valence electrons. The van der Waals surface area contributed by atoms with E-state index in [1.807, 2.05) is 6.92 Å². The van der Waals surface area contributed by atoms with E-state index in [4.69, 9.17) is 0 Å². The monoisotopic (exact) mass is 428 g/mol. The largest absolute Gasteiger partial charge is 0.299 e. The molecule has 0 aliphatic carbocycles. The van der Waals surface area contributed by atoms with Crippen molar-refractivity contribution in [2.45, 2.75) is 143 Å². The molecule has 0 spiro atoms. The van der Waals surface area contributed by atoms with Crippen molar-refractivity contribution in [3.8, 4) is 0 Å². The summed E-state index contributed by atoms with van der Waals surface area (Å²) in [5, 5.41) is 0. The van der Waals surface area contributed by atoms with Gasteiger partial charge in [-0.3, -0.25) is 4.79 Å². The van der Waals surface area contributed by atoms with Gasteiger partial charge in [-0.25, -0.2) is 0 Å². The summed E-state index contributed by atoms with van der Waals surface area (Å²) in [4.78, 5) is 12.9. The first-order valence-corrected chi connectivity index (χ1v) is 13.7. The molecule has 31 heavy (non-hydrogen) atoms. The van der Waals surface area contributed by atoms with Gasteiger partial charge in [0.15, 0.2) is 0 Å². The van der Waals surface area contributed by atoms with Crippen molar-refractivity contribution in [2.24, 2.45) is 5.41 Å². The normalized spacial score (nSPS) is 11.7. The maximum Gasteiger partial charge on any atom is 0.136 e. The molecule has 0 N–H and O–H groups in total. The number of hydrogen-bond acceptors (Lipinski definition) is 1. The van der Waals surface area contributed by atoms with Crippen molar-refractivity contribution in [1.29, 1.82) is 0 Å². The summed E-state index contributed by atoms with van der Waals surface area (Å²) >= 11 is 0. The lowest BCUT2D eigenvalue weighted by Crippen LogP contribution is -2.32. The zero-order valence-electron chi connectivity index (χ0n) is 21.2. The molecule has 0 bridgehead atoms. The summed E-state index contributed by atoms with van der Waals surface area (Å²) in [6.45, 7) is 6.42. The predicted octanol–water partition coefficient (Wildman–Crippen LogP) is 9.87. The van der Waals surface area contributed by atoms with E-state index in [9.17, 15) is 4.79 Å². The maximum absolute atomic E-state index is 12.9. The van der Waals surface area contributed by atoms with Gasteiger partial charge >= 0.3 is 0 Å². The van der Waals surface area contributed by atoms with Crippen LogP contribution in [0.4, 0.5) is 0 Å². The van der Waals surface area contributed by atoms with Gasteiger partial charge in [-0.05, 0) is 31.7 Å². The number of hydrogen-bond donors (Lipinski definition) is 0. The standard InChI is InChI=1S/C30H52O/c1-4-6-8-10-12-14-16-21-25-30(28(3)31,27-29-23-19-18-20-24-29)26-22-17-15-13-11-9-7-5-2/h18-20,23-24H,4-17,21-22,25-27H2,1-3H3. The SMILES string of the molecule is CCCCCCCCCCC(CCCCCCCCCC)(Cc1ccccc1)C(C)=O. The molecule has 0 aliphatic rings. The van der Waals surface area contributed by atoms with Crippen molar-refractivity contribution in [2.75, 3.05) is 0 Å². The summed E-state index contributed by atoms with van der Waals surface area (Å²) in [6, 6.07) is 10.7. The fraction of sp³-hybridized carbons (Fsp3) is 0.767. The Morgan fingerprint density at radius 3 is 1.39 bits per heavy atom. The van der Waals surface area contributed by atoms with Gasteiger partial charge in [-0.15, -0.1) is 0 Å². The number of carbonyl (C=O) groups is 1. The minimum absolute atomic E-state index is 0.147. The number of benzene rings is 1. The van der Waals surface area contributed by atoms with Gasteiger partial charge in [0.05, 0.1) is 0 Å². The zero-order chi connectivity index (χ0) is 22.6. The summed E-state index contributed by atoms with van der Waals surface area (Å²) in [6.07, 6.45) is 24.4. The Bertz CT molecular complexity index is 513. The molecule has 0 saturated carbocycles. The Morgan fingerprint density at radius 2 is 1.00 bits per heavy atom. The zero-order valence-corrected chi connectivity index (χ0v) is 21.2. The van der Waals surface area contributed by atoms with E-state index in [1.165, 1.54) is 108 Å². The van der Waals surface area contributed by atoms with Gasteiger partial charge in [-0.1, -0.05) is 147 Å². The van der Waals surface area contributed by atoms with Crippen LogP contribution in [0.15, 0.2) is 30.3 Å². The highest BCUT2D eigenvalue weighted by atomic mass is 16.1. The van der Waals surface area contributed by atoms with E-state index in [0.717, 1.165) is 19.3 Å². The van der Waals surface area contributed by atoms with E-state index in [2.05, 4.69) is 44.2 Å². The molecule has 0 saturated heterocycles. The van der Waals surface area contributed by atoms with Crippen LogP contribution in [0, 0.1) is 5.41 Å². The smallest absolute Gasteiger partial charge is 0.136 e. The number of ketones is 1. The van der Waals surface area contributed by atoms with Crippen LogP contribution >= 0.6 is 0 Å². The third kappa shape index (κ3) is 13.1. The van der Waals surface area contributed by atoms with Crippen LogP contribution < -0.4 is 0 Å². The molecule has 0 atom stereocenters. The fourth-order valence-corrected chi connectivity index (χ4v) is 4.96. The first kappa shape index (κ1) is 27.9. The number of rotatable bonds is 21. The molecule has 0 radical (unpaired) electrons. The van der Waals surface area contributed by atoms with Gasteiger partial charge in [0, 0.05) is 5.41 Å². The Balaban J connectivity index is 2.51. The Hall–Kier alpha value is -1.11. The Labute approximate surface area is 194 Å². The van der Waals surface area contributed by atoms with Crippen LogP contribution in [0.1, 0.15) is 142 Å². The van der Waals surface area contributed by atoms with Crippen molar-refractivity contribution in [3.05, 3.63) is 35.9 Å². The van der Waals surface area contributed by atoms with Crippen molar-refractivity contribution in [1.82, 2.24) is 0 Å². The van der Waals surface area contributed by atoms with Crippen LogP contribution in [0.3, 0.4) is 0 Å². The molecule has 0 fully saturated rings. The fourth-order valence-electron chi connectivity index (χ4n) is 4.96. The molecule has 1 aromatic rings. The van der Waals surface area contributed by atoms with Crippen LogP contribution in [-0.4, -0.2) is 5.78 Å². The van der Waals surface area contributed by atoms with E-state index < -0.39 is 0 Å². The van der Waals surface area contributed by atoms with E-state index in [1.54, 1.807) is 0 Å². The average Bonchev–Trinajstić information content (AvgIpc) is 2.77. The van der Waals surface area contributed by atoms with Crippen molar-refractivity contribution < 1.29 is 4.79 Å². The molecule has 1 rings (SSSR count). The minimum atomic E-state index is -0.147. The molecule has 0 unspecified atom stereocenters. The topological polar surface area (TPSA) is 17.1 Å². The quantitative estimate of drug-likeness (QED) is 0.178. The molecule has 0 aromatic heterocycles. The third-order valence-electron chi connectivity index (χ3n) is 7.15. The highest BCUT2D eigenvalue weighted by molar-refractivity contribution is 5.82. The van der Waals surface area contributed by atoms with Crippen molar-refractivity contribution >= 4 is 5.78 Å². The molecular formula is C30H52O. The summed E-state index contributed by atoms with van der Waals surface area (Å²) in [5.74, 6) is 0.419. The van der Waals surface area contributed by atoms with Gasteiger partial charge in [0.2, 0.25) is 0 Å². The average molecular weight is 429 g/mol. The van der Waals surface area contributed by atoms with Crippen LogP contribution in [-0.2, 0) is 11.2 Å². The summed E-state index contributed by atoms with van der Waals surface area (Å²) in [7, 11) is 0. The van der Waals surface area contributed by atoms with Crippen LogP contribution in [0.2, 0.25) is 0 Å². The number of Topliss-reactive ketones (excluding diaryl/α,β-unsaturated/α-hetero) is 1. The second-order valence-corrected chi connectivity index (χ2v) is 9.95. The van der Waals surface area contributed by atoms with Crippen molar-refractivity contribution in [3.63, 3.8) is 0 Å². The molecule has 0 aliphatic heterocycles. The molecule has 0 heterocycles. The Morgan fingerprint density at radius 1 is 0.613 bits per heavy atom. The van der Waals surface area contributed by atoms with E-state index >= 15 is 0 Å². The molecule has 1 nitrogen and oxygen atoms in total. The second-order valence-electron chi connectivity index (χ2n) is 9.95. The molecule has 0 amide bonds. The second kappa shape index (κ2) is 18.5. The van der Waals surface area contributed by atoms with Gasteiger partial charge in [0.25, 0.3) is 0 Å². The lowest BCUT2D eigenvalue weighted by molar-refractivity contribution is -0.127. The predicted molar refractivity (Wildman–Crippen MR) is 138 cm³/mol. The summed E-state index contributed by atoms with van der Waals surface area (Å²) < 4.78 is 0. The first-order valence-electron chi connectivity index (χ1n) is 13.7. The Kier molecular flexibility index (Phi) is 16.6. The summed E-state index contributed by atoms with van der Waals surface area (Å²) in [5.41, 5.74) is 1.18. The third-order valence-corrected chi connectivity index (χ3v) is 7.15. The first-order chi connectivity index (χ1) is 15.1.